The van der Waals surface area contributed by atoms with Crippen molar-refractivity contribution in [2.75, 3.05) is 0 Å². The number of hydrogen-bond donors (Lipinski definition) is 0. The summed E-state index contributed by atoms with van der Waals surface area (Å²) in [6.07, 6.45) is 0. The fraction of sp³-hybridized carbons (Fsp3) is 0.0769. The fourth-order valence-electron chi connectivity index (χ4n) is 1.56. The summed E-state index contributed by atoms with van der Waals surface area (Å²) >= 11 is 3.16. The number of nitro benzene ring substituents is 1. The Kier molecular flexibility index (Phi) is 3.80. The molecule has 2 aromatic carbocycles. The summed E-state index contributed by atoms with van der Waals surface area (Å²) in [6.45, 7) is 1.69. The minimum absolute atomic E-state index is 0.0379. The van der Waals surface area contributed by atoms with Gasteiger partial charge in [0.05, 0.1) is 4.92 Å². The highest BCUT2D eigenvalue weighted by Gasteiger charge is 2.17. The summed E-state index contributed by atoms with van der Waals surface area (Å²) in [6, 6.07) is 8.52. The molecule has 0 bridgehead atoms. The van der Waals surface area contributed by atoms with Gasteiger partial charge in [-0.3, -0.25) is 10.1 Å². The number of ether oxygens (including phenoxy) is 1. The molecule has 0 aromatic heterocycles. The zero-order valence-corrected chi connectivity index (χ0v) is 11.5. The Morgan fingerprint density at radius 2 is 2.05 bits per heavy atom. The van der Waals surface area contributed by atoms with Crippen LogP contribution in [0.4, 0.5) is 10.1 Å². The molecule has 6 heteroatoms. The largest absolute Gasteiger partial charge is 0.457 e. The second kappa shape index (κ2) is 5.36. The van der Waals surface area contributed by atoms with Crippen LogP contribution in [0.5, 0.6) is 11.5 Å². The van der Waals surface area contributed by atoms with Crippen LogP contribution in [0.15, 0.2) is 40.9 Å². The number of nitrogens with zero attached hydrogens (tertiary/aromatic N) is 1. The maximum atomic E-state index is 13.0. The van der Waals surface area contributed by atoms with Gasteiger partial charge in [0.2, 0.25) is 0 Å². The van der Waals surface area contributed by atoms with Gasteiger partial charge in [-0.15, -0.1) is 0 Å². The molecular weight excluding hydrogens is 317 g/mol. The van der Waals surface area contributed by atoms with Crippen molar-refractivity contribution < 1.29 is 14.1 Å². The standard InChI is InChI=1S/C13H9BrFNO3/c1-8-12(6-5-11(13(8)14)16(17)18)19-10-4-2-3-9(15)7-10/h2-7H,1H3. The highest BCUT2D eigenvalue weighted by molar-refractivity contribution is 9.10. The van der Waals surface area contributed by atoms with Gasteiger partial charge in [-0.2, -0.15) is 0 Å². The van der Waals surface area contributed by atoms with Gasteiger partial charge in [-0.25, -0.2) is 4.39 Å². The number of halogens is 2. The molecule has 0 spiro atoms. The Bertz CT molecular complexity index is 646. The summed E-state index contributed by atoms with van der Waals surface area (Å²) in [7, 11) is 0. The molecule has 0 unspecified atom stereocenters. The summed E-state index contributed by atoms with van der Waals surface area (Å²) in [5.74, 6) is 0.364. The first-order valence-electron chi connectivity index (χ1n) is 5.36. The normalized spacial score (nSPS) is 10.3. The zero-order chi connectivity index (χ0) is 14.0. The molecule has 0 aliphatic heterocycles. The van der Waals surface area contributed by atoms with Crippen LogP contribution < -0.4 is 4.74 Å². The molecule has 0 saturated heterocycles. The van der Waals surface area contributed by atoms with E-state index in [1.807, 2.05) is 0 Å². The smallest absolute Gasteiger partial charge is 0.284 e. The lowest BCUT2D eigenvalue weighted by Gasteiger charge is -2.10. The van der Waals surface area contributed by atoms with Crippen molar-refractivity contribution in [3.8, 4) is 11.5 Å². The van der Waals surface area contributed by atoms with Crippen molar-refractivity contribution in [1.29, 1.82) is 0 Å². The molecule has 0 aliphatic rings. The van der Waals surface area contributed by atoms with Crippen molar-refractivity contribution >= 4 is 21.6 Å². The summed E-state index contributed by atoms with van der Waals surface area (Å²) in [5, 5.41) is 10.8. The predicted octanol–water partition coefficient (Wildman–Crippen LogP) is 4.60. The molecule has 2 rings (SSSR count). The van der Waals surface area contributed by atoms with Crippen LogP contribution in [-0.4, -0.2) is 4.92 Å². The first-order chi connectivity index (χ1) is 8.99. The first kappa shape index (κ1) is 13.5. The molecule has 19 heavy (non-hydrogen) atoms. The molecule has 0 aliphatic carbocycles. The van der Waals surface area contributed by atoms with Crippen molar-refractivity contribution in [2.24, 2.45) is 0 Å². The van der Waals surface area contributed by atoms with Gasteiger partial charge in [-0.05, 0) is 41.1 Å². The molecular formula is C13H9BrFNO3. The lowest BCUT2D eigenvalue weighted by Crippen LogP contribution is -1.94. The predicted molar refractivity (Wildman–Crippen MR) is 72.0 cm³/mol. The average Bonchev–Trinajstić information content (AvgIpc) is 2.35. The summed E-state index contributed by atoms with van der Waals surface area (Å²) < 4.78 is 18.9. The topological polar surface area (TPSA) is 52.4 Å². The minimum atomic E-state index is -0.483. The van der Waals surface area contributed by atoms with Crippen LogP contribution in [0.3, 0.4) is 0 Å². The monoisotopic (exact) mass is 325 g/mol. The third-order valence-corrected chi connectivity index (χ3v) is 3.54. The molecule has 0 heterocycles. The molecule has 98 valence electrons. The van der Waals surface area contributed by atoms with Gasteiger partial charge >= 0.3 is 0 Å². The first-order valence-corrected chi connectivity index (χ1v) is 6.15. The third-order valence-electron chi connectivity index (χ3n) is 2.54. The van der Waals surface area contributed by atoms with Crippen LogP contribution in [0.2, 0.25) is 0 Å². The quantitative estimate of drug-likeness (QED) is 0.612. The van der Waals surface area contributed by atoms with E-state index < -0.39 is 10.7 Å². The van der Waals surface area contributed by atoms with Crippen LogP contribution in [0.1, 0.15) is 5.56 Å². The second-order valence-corrected chi connectivity index (χ2v) is 4.63. The van der Waals surface area contributed by atoms with E-state index in [4.69, 9.17) is 4.74 Å². The Morgan fingerprint density at radius 1 is 1.32 bits per heavy atom. The van der Waals surface area contributed by atoms with Crippen LogP contribution in [-0.2, 0) is 0 Å². The number of benzene rings is 2. The van der Waals surface area contributed by atoms with Crippen LogP contribution in [0.25, 0.3) is 0 Å². The van der Waals surface area contributed by atoms with E-state index in [9.17, 15) is 14.5 Å². The molecule has 0 fully saturated rings. The highest BCUT2D eigenvalue weighted by atomic mass is 79.9. The van der Waals surface area contributed by atoms with Crippen LogP contribution in [0, 0.1) is 22.9 Å². The van der Waals surface area contributed by atoms with E-state index in [1.54, 1.807) is 13.0 Å². The van der Waals surface area contributed by atoms with E-state index in [2.05, 4.69) is 15.9 Å². The van der Waals surface area contributed by atoms with Gasteiger partial charge in [0.25, 0.3) is 5.69 Å². The Balaban J connectivity index is 2.37. The van der Waals surface area contributed by atoms with E-state index in [0.717, 1.165) is 0 Å². The summed E-state index contributed by atoms with van der Waals surface area (Å²) in [5.41, 5.74) is 0.544. The van der Waals surface area contributed by atoms with Gasteiger partial charge in [0.1, 0.15) is 21.8 Å². The van der Waals surface area contributed by atoms with Gasteiger partial charge < -0.3 is 4.74 Å². The molecule has 0 N–H and O–H groups in total. The van der Waals surface area contributed by atoms with E-state index >= 15 is 0 Å². The molecule has 0 saturated carbocycles. The minimum Gasteiger partial charge on any atom is -0.457 e. The highest BCUT2D eigenvalue weighted by Crippen LogP contribution is 2.36. The van der Waals surface area contributed by atoms with Crippen LogP contribution >= 0.6 is 15.9 Å². The Hall–Kier alpha value is -1.95. The maximum absolute atomic E-state index is 13.0. The van der Waals surface area contributed by atoms with Gasteiger partial charge in [-0.1, -0.05) is 6.07 Å². The number of nitro groups is 1. The van der Waals surface area contributed by atoms with Crippen molar-refractivity contribution in [2.45, 2.75) is 6.92 Å². The Morgan fingerprint density at radius 3 is 2.68 bits per heavy atom. The molecule has 0 radical (unpaired) electrons. The lowest BCUT2D eigenvalue weighted by atomic mass is 10.2. The average molecular weight is 326 g/mol. The molecule has 4 nitrogen and oxygen atoms in total. The SMILES string of the molecule is Cc1c(Oc2cccc(F)c2)ccc([N+](=O)[O-])c1Br. The van der Waals surface area contributed by atoms with Gasteiger partial charge in [0, 0.05) is 17.7 Å². The van der Waals surface area contributed by atoms with Crippen molar-refractivity contribution in [3.63, 3.8) is 0 Å². The zero-order valence-electron chi connectivity index (χ0n) is 9.89. The third kappa shape index (κ3) is 2.90. The Labute approximate surface area is 117 Å². The fourth-order valence-corrected chi connectivity index (χ4v) is 2.03. The van der Waals surface area contributed by atoms with Gasteiger partial charge in [0.15, 0.2) is 0 Å². The summed E-state index contributed by atoms with van der Waals surface area (Å²) in [4.78, 5) is 10.3. The lowest BCUT2D eigenvalue weighted by molar-refractivity contribution is -0.385. The molecule has 0 amide bonds. The number of hydrogen-bond acceptors (Lipinski definition) is 3. The maximum Gasteiger partial charge on any atom is 0.284 e. The van der Waals surface area contributed by atoms with E-state index in [-0.39, 0.29) is 5.69 Å². The number of rotatable bonds is 3. The van der Waals surface area contributed by atoms with E-state index in [1.165, 1.54) is 30.3 Å². The molecule has 2 aromatic rings. The van der Waals surface area contributed by atoms with Crippen molar-refractivity contribution in [3.05, 3.63) is 62.4 Å². The second-order valence-electron chi connectivity index (χ2n) is 3.84. The molecule has 0 atom stereocenters. The van der Waals surface area contributed by atoms with E-state index in [0.29, 0.717) is 21.5 Å². The van der Waals surface area contributed by atoms with Crippen molar-refractivity contribution in [1.82, 2.24) is 0 Å².